The Kier molecular flexibility index (Phi) is 1.77. The van der Waals surface area contributed by atoms with Crippen LogP contribution in [0.4, 0.5) is 5.69 Å². The van der Waals surface area contributed by atoms with Gasteiger partial charge < -0.3 is 15.0 Å². The molecule has 3 aliphatic rings. The zero-order chi connectivity index (χ0) is 12.4. The first-order valence-electron chi connectivity index (χ1n) is 6.49. The van der Waals surface area contributed by atoms with Gasteiger partial charge in [0.2, 0.25) is 5.91 Å². The lowest BCUT2D eigenvalue weighted by molar-refractivity contribution is -0.182. The maximum absolute atomic E-state index is 11.9. The second kappa shape index (κ2) is 3.06. The molecule has 1 aromatic carbocycles. The molecule has 3 heterocycles. The maximum Gasteiger partial charge on any atom is 0.226 e. The summed E-state index contributed by atoms with van der Waals surface area (Å²) in [6.45, 7) is 3.56. The highest BCUT2D eigenvalue weighted by Crippen LogP contribution is 2.58. The van der Waals surface area contributed by atoms with Crippen molar-refractivity contribution in [2.45, 2.75) is 31.0 Å². The van der Waals surface area contributed by atoms with Gasteiger partial charge in [-0.15, -0.1) is 0 Å². The number of rotatable bonds is 0. The molecule has 0 aromatic heterocycles. The van der Waals surface area contributed by atoms with Crippen molar-refractivity contribution >= 4 is 11.6 Å². The molecule has 4 rings (SSSR count). The molecular weight excluding hydrogens is 228 g/mol. The van der Waals surface area contributed by atoms with Crippen molar-refractivity contribution in [1.29, 1.82) is 0 Å². The Hall–Kier alpha value is -1.55. The second-order valence-electron chi connectivity index (χ2n) is 5.49. The monoisotopic (exact) mass is 244 g/mol. The highest BCUT2D eigenvalue weighted by molar-refractivity contribution is 5.89. The van der Waals surface area contributed by atoms with Crippen molar-refractivity contribution in [3.63, 3.8) is 0 Å². The number of amides is 1. The van der Waals surface area contributed by atoms with E-state index in [-0.39, 0.29) is 11.4 Å². The zero-order valence-corrected chi connectivity index (χ0v) is 10.4. The third-order valence-electron chi connectivity index (χ3n) is 4.62. The molecule has 4 nitrogen and oxygen atoms in total. The lowest BCUT2D eigenvalue weighted by atomic mass is 9.72. The van der Waals surface area contributed by atoms with Gasteiger partial charge >= 0.3 is 0 Å². The number of ether oxygens (including phenoxy) is 1. The number of hydrogen-bond donors (Lipinski definition) is 1. The average Bonchev–Trinajstić information content (AvgIpc) is 2.54. The van der Waals surface area contributed by atoms with E-state index in [0.29, 0.717) is 13.0 Å². The molecule has 1 amide bonds. The number of benzene rings is 1. The molecule has 0 unspecified atom stereocenters. The minimum atomic E-state index is -0.485. The van der Waals surface area contributed by atoms with E-state index in [0.717, 1.165) is 18.7 Å². The molecule has 3 aliphatic heterocycles. The van der Waals surface area contributed by atoms with E-state index >= 15 is 0 Å². The molecule has 2 saturated heterocycles. The van der Waals surface area contributed by atoms with Gasteiger partial charge in [0.1, 0.15) is 5.54 Å². The van der Waals surface area contributed by atoms with E-state index in [1.165, 1.54) is 5.56 Å². The first kappa shape index (κ1) is 10.4. The van der Waals surface area contributed by atoms with Crippen LogP contribution in [0.2, 0.25) is 0 Å². The Morgan fingerprint density at radius 2 is 2.22 bits per heavy atom. The van der Waals surface area contributed by atoms with E-state index in [1.807, 2.05) is 17.0 Å². The van der Waals surface area contributed by atoms with Gasteiger partial charge in [0.25, 0.3) is 0 Å². The van der Waals surface area contributed by atoms with Crippen LogP contribution in [0.1, 0.15) is 25.3 Å². The van der Waals surface area contributed by atoms with Gasteiger partial charge in [0.15, 0.2) is 5.72 Å². The predicted octanol–water partition coefficient (Wildman–Crippen LogP) is 1.68. The van der Waals surface area contributed by atoms with E-state index < -0.39 is 5.72 Å². The van der Waals surface area contributed by atoms with Gasteiger partial charge in [-0.25, -0.2) is 0 Å². The van der Waals surface area contributed by atoms with E-state index in [1.54, 1.807) is 0 Å². The Balaban J connectivity index is 1.94. The first-order valence-corrected chi connectivity index (χ1v) is 6.49. The highest BCUT2D eigenvalue weighted by Gasteiger charge is 2.68. The van der Waals surface area contributed by atoms with E-state index in [2.05, 4.69) is 24.4 Å². The van der Waals surface area contributed by atoms with Crippen molar-refractivity contribution < 1.29 is 9.53 Å². The highest BCUT2D eigenvalue weighted by atomic mass is 16.5. The lowest BCUT2D eigenvalue weighted by Crippen LogP contribution is -2.70. The van der Waals surface area contributed by atoms with Crippen LogP contribution >= 0.6 is 0 Å². The average molecular weight is 244 g/mol. The van der Waals surface area contributed by atoms with Crippen molar-refractivity contribution in [2.75, 3.05) is 18.5 Å². The minimum Gasteiger partial charge on any atom is -0.355 e. The van der Waals surface area contributed by atoms with E-state index in [4.69, 9.17) is 4.74 Å². The Labute approximate surface area is 106 Å². The molecule has 2 atom stereocenters. The normalized spacial score (nSPS) is 36.9. The van der Waals surface area contributed by atoms with Crippen LogP contribution in [0.25, 0.3) is 0 Å². The standard InChI is InChI=1S/C14H16N2O2/c1-13-14(10-5-2-3-6-11(10)15-13)9-12(17)16(14)7-4-8-18-13/h2-3,5-6,15H,4,7-9H2,1H3/t13-,14-/m1/s1. The van der Waals surface area contributed by atoms with Gasteiger partial charge in [-0.1, -0.05) is 18.2 Å². The topological polar surface area (TPSA) is 41.6 Å². The molecule has 94 valence electrons. The molecule has 1 aromatic rings. The van der Waals surface area contributed by atoms with Crippen LogP contribution in [-0.2, 0) is 15.1 Å². The van der Waals surface area contributed by atoms with Crippen molar-refractivity contribution in [3.8, 4) is 0 Å². The summed E-state index contributed by atoms with van der Waals surface area (Å²) in [5.41, 5.74) is 1.52. The van der Waals surface area contributed by atoms with Gasteiger partial charge in [-0.05, 0) is 19.4 Å². The fraction of sp³-hybridized carbons (Fsp3) is 0.500. The van der Waals surface area contributed by atoms with Crippen LogP contribution in [0, 0.1) is 0 Å². The van der Waals surface area contributed by atoms with Crippen molar-refractivity contribution in [1.82, 2.24) is 4.90 Å². The fourth-order valence-electron chi connectivity index (χ4n) is 3.74. The second-order valence-corrected chi connectivity index (χ2v) is 5.49. The van der Waals surface area contributed by atoms with Crippen LogP contribution < -0.4 is 5.32 Å². The molecule has 0 aliphatic carbocycles. The van der Waals surface area contributed by atoms with Crippen molar-refractivity contribution in [2.24, 2.45) is 0 Å². The number of para-hydroxylation sites is 1. The molecule has 2 fully saturated rings. The molecule has 1 spiro atoms. The summed E-state index contributed by atoms with van der Waals surface area (Å²) in [6, 6.07) is 8.23. The molecule has 4 heteroatoms. The number of anilines is 1. The van der Waals surface area contributed by atoms with Gasteiger partial charge in [-0.3, -0.25) is 4.79 Å². The smallest absolute Gasteiger partial charge is 0.226 e. The Morgan fingerprint density at radius 1 is 1.39 bits per heavy atom. The summed E-state index contributed by atoms with van der Waals surface area (Å²) in [5, 5.41) is 3.48. The van der Waals surface area contributed by atoms with Crippen molar-refractivity contribution in [3.05, 3.63) is 29.8 Å². The lowest BCUT2D eigenvalue weighted by Gasteiger charge is -2.55. The third-order valence-corrected chi connectivity index (χ3v) is 4.62. The zero-order valence-electron chi connectivity index (χ0n) is 10.4. The third kappa shape index (κ3) is 0.950. The van der Waals surface area contributed by atoms with Gasteiger partial charge in [-0.2, -0.15) is 0 Å². The quantitative estimate of drug-likeness (QED) is 0.706. The molecule has 0 radical (unpaired) electrons. The SMILES string of the molecule is C[C@]12Nc3ccccc3[C@]13CC(=O)N3CCCO2. The summed E-state index contributed by atoms with van der Waals surface area (Å²) in [7, 11) is 0. The minimum absolute atomic E-state index is 0.241. The van der Waals surface area contributed by atoms with Crippen LogP contribution in [0.3, 0.4) is 0 Å². The summed E-state index contributed by atoms with van der Waals surface area (Å²) < 4.78 is 6.06. The van der Waals surface area contributed by atoms with Crippen LogP contribution in [-0.4, -0.2) is 29.7 Å². The number of hydrogen-bond acceptors (Lipinski definition) is 3. The molecule has 1 N–H and O–H groups in total. The first-order chi connectivity index (χ1) is 8.67. The number of fused-ring (bicyclic) bond motifs is 1. The maximum atomic E-state index is 11.9. The summed E-state index contributed by atoms with van der Waals surface area (Å²) in [5.74, 6) is 0.241. The largest absolute Gasteiger partial charge is 0.355 e. The predicted molar refractivity (Wildman–Crippen MR) is 67.0 cm³/mol. The summed E-state index contributed by atoms with van der Waals surface area (Å²) in [4.78, 5) is 13.9. The number of nitrogens with one attached hydrogen (secondary N) is 1. The molecule has 18 heavy (non-hydrogen) atoms. The number of nitrogens with zero attached hydrogens (tertiary/aromatic N) is 1. The van der Waals surface area contributed by atoms with E-state index in [9.17, 15) is 4.79 Å². The molecular formula is C14H16N2O2. The van der Waals surface area contributed by atoms with Crippen LogP contribution in [0.15, 0.2) is 24.3 Å². The van der Waals surface area contributed by atoms with Crippen LogP contribution in [0.5, 0.6) is 0 Å². The number of carbonyl (C=O) groups excluding carboxylic acids is 1. The summed E-state index contributed by atoms with van der Waals surface area (Å²) in [6.07, 6.45) is 1.46. The molecule has 0 saturated carbocycles. The van der Waals surface area contributed by atoms with Gasteiger partial charge in [0, 0.05) is 17.8 Å². The Bertz CT molecular complexity index is 544. The number of carbonyl (C=O) groups is 1. The molecule has 0 bridgehead atoms. The van der Waals surface area contributed by atoms with Gasteiger partial charge in [0.05, 0.1) is 13.0 Å². The fourth-order valence-corrected chi connectivity index (χ4v) is 3.74. The summed E-state index contributed by atoms with van der Waals surface area (Å²) >= 11 is 0. The Morgan fingerprint density at radius 3 is 3.06 bits per heavy atom. The number of β-lactam (4-membered cyclic amide) rings is 1.